The van der Waals surface area contributed by atoms with E-state index in [9.17, 15) is 9.59 Å². The average molecular weight is 324 g/mol. The normalized spacial score (nSPS) is 11.0. The lowest BCUT2D eigenvalue weighted by Gasteiger charge is -2.30. The second-order valence-corrected chi connectivity index (χ2v) is 6.33. The lowest BCUT2D eigenvalue weighted by atomic mass is 9.89. The molecule has 2 aromatic rings. The number of hydrogen-bond donors (Lipinski definition) is 1. The number of nitrogens with zero attached hydrogens (tertiary/aromatic N) is 1. The monoisotopic (exact) mass is 324 g/mol. The molecular formula is C20H24N2O2. The maximum absolute atomic E-state index is 13.0. The fourth-order valence-electron chi connectivity index (χ4n) is 2.50. The van der Waals surface area contributed by atoms with E-state index in [-0.39, 0.29) is 11.8 Å². The predicted molar refractivity (Wildman–Crippen MR) is 98.1 cm³/mol. The van der Waals surface area contributed by atoms with Gasteiger partial charge < -0.3 is 10.2 Å². The Bertz CT molecular complexity index is 723. The molecule has 0 fully saturated rings. The smallest absolute Gasteiger partial charge is 0.242 e. The van der Waals surface area contributed by atoms with Crippen LogP contribution in [-0.4, -0.2) is 18.4 Å². The molecule has 126 valence electrons. The SMILES string of the molecule is CCN(C(=O)C(C)(C)C(=O)Nc1cccc(C)c1)c1ccccc1. The molecule has 0 saturated heterocycles. The maximum atomic E-state index is 13.0. The summed E-state index contributed by atoms with van der Waals surface area (Å²) in [6, 6.07) is 16.9. The van der Waals surface area contributed by atoms with Gasteiger partial charge in [0, 0.05) is 17.9 Å². The van der Waals surface area contributed by atoms with Crippen molar-refractivity contribution in [3.05, 3.63) is 60.2 Å². The van der Waals surface area contributed by atoms with Crippen molar-refractivity contribution < 1.29 is 9.59 Å². The first-order chi connectivity index (χ1) is 11.4. The van der Waals surface area contributed by atoms with E-state index in [2.05, 4.69) is 5.32 Å². The molecular weight excluding hydrogens is 300 g/mol. The van der Waals surface area contributed by atoms with Crippen molar-refractivity contribution >= 4 is 23.2 Å². The minimum absolute atomic E-state index is 0.221. The quantitative estimate of drug-likeness (QED) is 0.845. The minimum atomic E-state index is -1.17. The van der Waals surface area contributed by atoms with Crippen molar-refractivity contribution in [3.63, 3.8) is 0 Å². The molecule has 0 atom stereocenters. The number of carbonyl (C=O) groups is 2. The summed E-state index contributed by atoms with van der Waals surface area (Å²) in [7, 11) is 0. The number of para-hydroxylation sites is 1. The summed E-state index contributed by atoms with van der Waals surface area (Å²) >= 11 is 0. The lowest BCUT2D eigenvalue weighted by molar-refractivity contribution is -0.136. The predicted octanol–water partition coefficient (Wildman–Crippen LogP) is 4.01. The number of rotatable bonds is 5. The van der Waals surface area contributed by atoms with Crippen LogP contribution in [0.5, 0.6) is 0 Å². The Labute approximate surface area is 143 Å². The molecule has 0 unspecified atom stereocenters. The van der Waals surface area contributed by atoms with Crippen LogP contribution in [0.2, 0.25) is 0 Å². The Hall–Kier alpha value is -2.62. The molecule has 0 spiro atoms. The number of amides is 2. The Kier molecular flexibility index (Phi) is 5.39. The van der Waals surface area contributed by atoms with Crippen LogP contribution < -0.4 is 10.2 Å². The van der Waals surface area contributed by atoms with Gasteiger partial charge in [-0.05, 0) is 57.5 Å². The summed E-state index contributed by atoms with van der Waals surface area (Å²) in [4.78, 5) is 27.3. The van der Waals surface area contributed by atoms with Gasteiger partial charge in [0.25, 0.3) is 0 Å². The number of anilines is 2. The molecule has 2 rings (SSSR count). The van der Waals surface area contributed by atoms with Crippen molar-refractivity contribution in [2.75, 3.05) is 16.8 Å². The first kappa shape index (κ1) is 17.7. The molecule has 2 amide bonds. The summed E-state index contributed by atoms with van der Waals surface area (Å²) in [5, 5.41) is 2.85. The van der Waals surface area contributed by atoms with E-state index in [1.54, 1.807) is 18.7 Å². The van der Waals surface area contributed by atoms with Crippen molar-refractivity contribution in [1.82, 2.24) is 0 Å². The van der Waals surface area contributed by atoms with Gasteiger partial charge in [-0.15, -0.1) is 0 Å². The van der Waals surface area contributed by atoms with Crippen molar-refractivity contribution in [1.29, 1.82) is 0 Å². The Balaban J connectivity index is 2.21. The van der Waals surface area contributed by atoms with Gasteiger partial charge in [-0.3, -0.25) is 9.59 Å². The highest BCUT2D eigenvalue weighted by Crippen LogP contribution is 2.25. The molecule has 0 aliphatic carbocycles. The molecule has 0 bridgehead atoms. The summed E-state index contributed by atoms with van der Waals surface area (Å²) < 4.78 is 0. The van der Waals surface area contributed by atoms with Crippen molar-refractivity contribution in [2.24, 2.45) is 5.41 Å². The highest BCUT2D eigenvalue weighted by molar-refractivity contribution is 6.14. The van der Waals surface area contributed by atoms with Crippen LogP contribution >= 0.6 is 0 Å². The lowest BCUT2D eigenvalue weighted by Crippen LogP contribution is -2.47. The fourth-order valence-corrected chi connectivity index (χ4v) is 2.50. The van der Waals surface area contributed by atoms with Crippen LogP contribution in [0.3, 0.4) is 0 Å². The first-order valence-corrected chi connectivity index (χ1v) is 8.11. The zero-order chi connectivity index (χ0) is 17.7. The third kappa shape index (κ3) is 3.82. The molecule has 1 N–H and O–H groups in total. The van der Waals surface area contributed by atoms with E-state index < -0.39 is 5.41 Å². The first-order valence-electron chi connectivity index (χ1n) is 8.11. The van der Waals surface area contributed by atoms with E-state index in [0.717, 1.165) is 11.3 Å². The second-order valence-electron chi connectivity index (χ2n) is 6.33. The molecule has 4 heteroatoms. The van der Waals surface area contributed by atoms with Crippen LogP contribution in [0.25, 0.3) is 0 Å². The molecule has 24 heavy (non-hydrogen) atoms. The maximum Gasteiger partial charge on any atom is 0.242 e. The van der Waals surface area contributed by atoms with E-state index in [0.29, 0.717) is 12.2 Å². The summed E-state index contributed by atoms with van der Waals surface area (Å²) in [6.45, 7) is 7.68. The van der Waals surface area contributed by atoms with Gasteiger partial charge in [0.15, 0.2) is 0 Å². The number of aryl methyl sites for hydroxylation is 1. The van der Waals surface area contributed by atoms with Gasteiger partial charge in [0.2, 0.25) is 11.8 Å². The number of nitrogens with one attached hydrogen (secondary N) is 1. The summed E-state index contributed by atoms with van der Waals surface area (Å²) in [6.07, 6.45) is 0. The van der Waals surface area contributed by atoms with E-state index in [1.807, 2.05) is 68.4 Å². The third-order valence-corrected chi connectivity index (χ3v) is 4.01. The van der Waals surface area contributed by atoms with Crippen LogP contribution in [-0.2, 0) is 9.59 Å². The molecule has 2 aromatic carbocycles. The van der Waals surface area contributed by atoms with Gasteiger partial charge in [0.1, 0.15) is 5.41 Å². The standard InChI is InChI=1S/C20H24N2O2/c1-5-22(17-12-7-6-8-13-17)19(24)20(3,4)18(23)21-16-11-9-10-15(2)14-16/h6-14H,5H2,1-4H3,(H,21,23). The van der Waals surface area contributed by atoms with E-state index in [1.165, 1.54) is 0 Å². The van der Waals surface area contributed by atoms with Gasteiger partial charge in [-0.1, -0.05) is 30.3 Å². The van der Waals surface area contributed by atoms with Crippen LogP contribution in [0.1, 0.15) is 26.3 Å². The zero-order valence-corrected chi connectivity index (χ0v) is 14.7. The van der Waals surface area contributed by atoms with Gasteiger partial charge in [-0.2, -0.15) is 0 Å². The van der Waals surface area contributed by atoms with Crippen LogP contribution in [0.15, 0.2) is 54.6 Å². The minimum Gasteiger partial charge on any atom is -0.325 e. The van der Waals surface area contributed by atoms with Crippen LogP contribution in [0, 0.1) is 12.3 Å². The van der Waals surface area contributed by atoms with Crippen molar-refractivity contribution in [3.8, 4) is 0 Å². The second kappa shape index (κ2) is 7.30. The number of benzene rings is 2. The zero-order valence-electron chi connectivity index (χ0n) is 14.7. The number of carbonyl (C=O) groups excluding carboxylic acids is 2. The molecule has 0 heterocycles. The number of hydrogen-bond acceptors (Lipinski definition) is 2. The molecule has 4 nitrogen and oxygen atoms in total. The van der Waals surface area contributed by atoms with Crippen molar-refractivity contribution in [2.45, 2.75) is 27.7 Å². The Morgan fingerprint density at radius 1 is 1.04 bits per heavy atom. The largest absolute Gasteiger partial charge is 0.325 e. The topological polar surface area (TPSA) is 49.4 Å². The highest BCUT2D eigenvalue weighted by atomic mass is 16.2. The highest BCUT2D eigenvalue weighted by Gasteiger charge is 2.39. The van der Waals surface area contributed by atoms with E-state index in [4.69, 9.17) is 0 Å². The molecule has 0 aliphatic heterocycles. The summed E-state index contributed by atoms with van der Waals surface area (Å²) in [5.74, 6) is -0.533. The Morgan fingerprint density at radius 2 is 1.71 bits per heavy atom. The molecule has 0 aromatic heterocycles. The van der Waals surface area contributed by atoms with Crippen LogP contribution in [0.4, 0.5) is 11.4 Å². The Morgan fingerprint density at radius 3 is 2.29 bits per heavy atom. The molecule has 0 saturated carbocycles. The molecule has 0 radical (unpaired) electrons. The molecule has 0 aliphatic rings. The van der Waals surface area contributed by atoms with Gasteiger partial charge in [-0.25, -0.2) is 0 Å². The summed E-state index contributed by atoms with van der Waals surface area (Å²) in [5.41, 5.74) is 1.37. The van der Waals surface area contributed by atoms with E-state index >= 15 is 0 Å². The van der Waals surface area contributed by atoms with Gasteiger partial charge >= 0.3 is 0 Å². The third-order valence-electron chi connectivity index (χ3n) is 4.01. The average Bonchev–Trinajstić information content (AvgIpc) is 2.56. The fraction of sp³-hybridized carbons (Fsp3) is 0.300. The van der Waals surface area contributed by atoms with Gasteiger partial charge in [0.05, 0.1) is 0 Å².